The summed E-state index contributed by atoms with van der Waals surface area (Å²) < 4.78 is 52.5. The maximum atomic E-state index is 13.6. The van der Waals surface area contributed by atoms with Crippen LogP contribution in [0.15, 0.2) is 35.6 Å². The summed E-state index contributed by atoms with van der Waals surface area (Å²) in [6.07, 6.45) is -2.95. The van der Waals surface area contributed by atoms with Crippen molar-refractivity contribution in [2.75, 3.05) is 27.3 Å². The van der Waals surface area contributed by atoms with Crippen molar-refractivity contribution in [1.82, 2.24) is 20.2 Å². The van der Waals surface area contributed by atoms with Crippen molar-refractivity contribution < 1.29 is 27.8 Å². The maximum Gasteiger partial charge on any atom is 0.424 e. The number of aryl methyl sites for hydroxylation is 1. The monoisotopic (exact) mass is 443 g/mol. The van der Waals surface area contributed by atoms with Gasteiger partial charge in [-0.05, 0) is 24.6 Å². The summed E-state index contributed by atoms with van der Waals surface area (Å²) in [6, 6.07) is 5.34. The first-order valence-corrected chi connectivity index (χ1v) is 9.66. The van der Waals surface area contributed by atoms with E-state index in [1.165, 1.54) is 33.7 Å². The van der Waals surface area contributed by atoms with Gasteiger partial charge in [0.25, 0.3) is 0 Å². The molecule has 0 saturated carbocycles. The van der Waals surface area contributed by atoms with Crippen LogP contribution in [0.2, 0.25) is 0 Å². The van der Waals surface area contributed by atoms with Gasteiger partial charge in [-0.1, -0.05) is 6.07 Å². The molecule has 0 amide bonds. The molecular weight excluding hydrogens is 415 g/mol. The number of ether oxygens (including phenoxy) is 2. The Labute approximate surface area is 179 Å². The van der Waals surface area contributed by atoms with E-state index in [0.29, 0.717) is 24.0 Å². The number of alkyl halides is 3. The minimum Gasteiger partial charge on any atom is -0.493 e. The molecule has 0 spiro atoms. The standard InChI is InChI=1S/C20H28F3N5O3/c1-5-24-18(27-13-14-6-7-15(30-3)16(12-14)31-4)26-9-8-19(29,20(21,22)23)17-25-10-11-28(17)2/h6-7,10-12,29H,5,8-9,13H2,1-4H3,(H2,24,26,27). The Morgan fingerprint density at radius 2 is 1.90 bits per heavy atom. The Morgan fingerprint density at radius 1 is 1.19 bits per heavy atom. The van der Waals surface area contributed by atoms with E-state index in [1.54, 1.807) is 12.1 Å². The highest BCUT2D eigenvalue weighted by Gasteiger charge is 2.57. The fourth-order valence-corrected chi connectivity index (χ4v) is 3.00. The van der Waals surface area contributed by atoms with Crippen LogP contribution in [0.3, 0.4) is 0 Å². The number of nitrogens with one attached hydrogen (secondary N) is 2. The first kappa shape index (κ1) is 24.3. The molecule has 172 valence electrons. The Hall–Kier alpha value is -2.95. The van der Waals surface area contributed by atoms with Gasteiger partial charge in [0.15, 0.2) is 17.5 Å². The van der Waals surface area contributed by atoms with Crippen LogP contribution in [0.25, 0.3) is 0 Å². The molecule has 0 bridgehead atoms. The molecule has 3 N–H and O–H groups in total. The molecule has 0 saturated heterocycles. The Balaban J connectivity index is 2.10. The molecule has 0 aliphatic rings. The van der Waals surface area contributed by atoms with Crippen molar-refractivity contribution in [2.24, 2.45) is 12.0 Å². The number of aliphatic imine (C=N–C) groups is 1. The second-order valence-corrected chi connectivity index (χ2v) is 6.78. The van der Waals surface area contributed by atoms with E-state index >= 15 is 0 Å². The fraction of sp³-hybridized carbons (Fsp3) is 0.500. The van der Waals surface area contributed by atoms with Crippen molar-refractivity contribution in [1.29, 1.82) is 0 Å². The summed E-state index contributed by atoms with van der Waals surface area (Å²) in [6.45, 7) is 2.44. The lowest BCUT2D eigenvalue weighted by Crippen LogP contribution is -2.47. The van der Waals surface area contributed by atoms with Gasteiger partial charge >= 0.3 is 6.18 Å². The SMILES string of the molecule is CCNC(=NCc1ccc(OC)c(OC)c1)NCCC(O)(c1nccn1C)C(F)(F)F. The predicted octanol–water partition coefficient (Wildman–Crippen LogP) is 2.33. The Kier molecular flexibility index (Phi) is 8.14. The lowest BCUT2D eigenvalue weighted by Gasteiger charge is -2.30. The Morgan fingerprint density at radius 3 is 2.45 bits per heavy atom. The molecule has 2 rings (SSSR count). The largest absolute Gasteiger partial charge is 0.493 e. The topological polar surface area (TPSA) is 92.9 Å². The van der Waals surface area contributed by atoms with Crippen LogP contribution in [0.4, 0.5) is 13.2 Å². The molecule has 31 heavy (non-hydrogen) atoms. The van der Waals surface area contributed by atoms with Crippen molar-refractivity contribution in [3.05, 3.63) is 42.0 Å². The zero-order chi connectivity index (χ0) is 23.1. The van der Waals surface area contributed by atoms with Gasteiger partial charge in [-0.15, -0.1) is 0 Å². The lowest BCUT2D eigenvalue weighted by molar-refractivity contribution is -0.272. The first-order chi connectivity index (χ1) is 14.7. The lowest BCUT2D eigenvalue weighted by atomic mass is 9.97. The average molecular weight is 443 g/mol. The average Bonchev–Trinajstić information content (AvgIpc) is 3.17. The number of hydrogen-bond donors (Lipinski definition) is 3. The number of nitrogens with zero attached hydrogens (tertiary/aromatic N) is 3. The molecule has 1 aromatic carbocycles. The smallest absolute Gasteiger partial charge is 0.424 e. The van der Waals surface area contributed by atoms with Crippen LogP contribution in [0.5, 0.6) is 11.5 Å². The maximum absolute atomic E-state index is 13.6. The van der Waals surface area contributed by atoms with Crippen LogP contribution >= 0.6 is 0 Å². The van der Waals surface area contributed by atoms with E-state index in [2.05, 4.69) is 20.6 Å². The van der Waals surface area contributed by atoms with Gasteiger partial charge in [-0.2, -0.15) is 13.2 Å². The number of imidazole rings is 1. The van der Waals surface area contributed by atoms with E-state index in [1.807, 2.05) is 13.0 Å². The molecule has 1 unspecified atom stereocenters. The quantitative estimate of drug-likeness (QED) is 0.407. The molecule has 1 heterocycles. The molecule has 8 nitrogen and oxygen atoms in total. The second-order valence-electron chi connectivity index (χ2n) is 6.78. The van der Waals surface area contributed by atoms with Crippen LogP contribution in [-0.2, 0) is 19.2 Å². The molecule has 0 fully saturated rings. The molecule has 1 atom stereocenters. The number of hydrogen-bond acceptors (Lipinski definition) is 5. The van der Waals surface area contributed by atoms with E-state index in [-0.39, 0.29) is 13.1 Å². The van der Waals surface area contributed by atoms with Gasteiger partial charge in [-0.3, -0.25) is 0 Å². The summed E-state index contributed by atoms with van der Waals surface area (Å²) >= 11 is 0. The van der Waals surface area contributed by atoms with Gasteiger partial charge in [-0.25, -0.2) is 9.98 Å². The number of aliphatic hydroxyl groups is 1. The molecule has 0 aliphatic carbocycles. The molecule has 0 aliphatic heterocycles. The molecular formula is C20H28F3N5O3. The summed E-state index contributed by atoms with van der Waals surface area (Å²) in [7, 11) is 4.47. The van der Waals surface area contributed by atoms with Gasteiger partial charge < -0.3 is 29.8 Å². The molecule has 2 aromatic rings. The zero-order valence-corrected chi connectivity index (χ0v) is 18.0. The zero-order valence-electron chi connectivity index (χ0n) is 18.0. The van der Waals surface area contributed by atoms with Gasteiger partial charge in [0.05, 0.1) is 20.8 Å². The van der Waals surface area contributed by atoms with Gasteiger partial charge in [0.2, 0.25) is 5.60 Å². The number of rotatable bonds is 9. The third-order valence-electron chi connectivity index (χ3n) is 4.65. The van der Waals surface area contributed by atoms with E-state index in [9.17, 15) is 18.3 Å². The summed E-state index contributed by atoms with van der Waals surface area (Å²) in [5, 5.41) is 16.2. The highest BCUT2D eigenvalue weighted by molar-refractivity contribution is 5.79. The summed E-state index contributed by atoms with van der Waals surface area (Å²) in [5.74, 6) is 0.996. The third kappa shape index (κ3) is 5.81. The van der Waals surface area contributed by atoms with Crippen LogP contribution in [0, 0.1) is 0 Å². The second kappa shape index (κ2) is 10.4. The minimum atomic E-state index is -4.89. The number of methoxy groups -OCH3 is 2. The highest BCUT2D eigenvalue weighted by atomic mass is 19.4. The van der Waals surface area contributed by atoms with Crippen LogP contribution < -0.4 is 20.1 Å². The highest BCUT2D eigenvalue weighted by Crippen LogP contribution is 2.40. The van der Waals surface area contributed by atoms with Crippen molar-refractivity contribution in [3.8, 4) is 11.5 Å². The van der Waals surface area contributed by atoms with Crippen LogP contribution in [-0.4, -0.2) is 54.1 Å². The number of guanidine groups is 1. The van der Waals surface area contributed by atoms with E-state index in [0.717, 1.165) is 10.1 Å². The number of benzene rings is 1. The fourth-order valence-electron chi connectivity index (χ4n) is 3.00. The van der Waals surface area contributed by atoms with E-state index in [4.69, 9.17) is 9.47 Å². The first-order valence-electron chi connectivity index (χ1n) is 9.66. The van der Waals surface area contributed by atoms with Crippen molar-refractivity contribution >= 4 is 5.96 Å². The summed E-state index contributed by atoms with van der Waals surface area (Å²) in [4.78, 5) is 8.08. The summed E-state index contributed by atoms with van der Waals surface area (Å²) in [5.41, 5.74) is -2.26. The number of aromatic nitrogens is 2. The number of halogens is 3. The molecule has 0 radical (unpaired) electrons. The van der Waals surface area contributed by atoms with E-state index < -0.39 is 24.0 Å². The van der Waals surface area contributed by atoms with Crippen LogP contribution in [0.1, 0.15) is 24.7 Å². The van der Waals surface area contributed by atoms with Crippen molar-refractivity contribution in [3.63, 3.8) is 0 Å². The Bertz CT molecular complexity index is 885. The van der Waals surface area contributed by atoms with Gasteiger partial charge in [0, 0.05) is 39.0 Å². The molecule has 1 aromatic heterocycles. The van der Waals surface area contributed by atoms with Crippen molar-refractivity contribution in [2.45, 2.75) is 31.7 Å². The third-order valence-corrected chi connectivity index (χ3v) is 4.65. The molecule has 11 heteroatoms. The van der Waals surface area contributed by atoms with Gasteiger partial charge in [0.1, 0.15) is 5.82 Å². The predicted molar refractivity (Wildman–Crippen MR) is 110 cm³/mol. The minimum absolute atomic E-state index is 0.180. The normalized spacial score (nSPS) is 14.1.